The second-order valence-electron chi connectivity index (χ2n) is 5.80. The molecule has 0 aliphatic rings. The first-order valence-electron chi connectivity index (χ1n) is 7.93. The SMILES string of the molecule is O=C(O)Nc1cccc(-c2cnc3cc(-c4ccc(F)cc4)ccn23)c1. The Balaban J connectivity index is 1.74. The molecule has 0 atom stereocenters. The topological polar surface area (TPSA) is 66.6 Å². The molecule has 1 amide bonds. The number of rotatable bonds is 3. The normalized spacial score (nSPS) is 10.8. The van der Waals surface area contributed by atoms with E-state index in [1.165, 1.54) is 12.1 Å². The number of carbonyl (C=O) groups is 1. The van der Waals surface area contributed by atoms with Gasteiger partial charge in [0.2, 0.25) is 0 Å². The molecule has 2 heterocycles. The first-order valence-corrected chi connectivity index (χ1v) is 7.93. The highest BCUT2D eigenvalue weighted by Gasteiger charge is 2.09. The summed E-state index contributed by atoms with van der Waals surface area (Å²) in [6, 6.07) is 17.3. The monoisotopic (exact) mass is 347 g/mol. The Labute approximate surface area is 148 Å². The van der Waals surface area contributed by atoms with Gasteiger partial charge in [-0.05, 0) is 47.5 Å². The number of pyridine rings is 1. The number of amides is 1. The second kappa shape index (κ2) is 6.33. The summed E-state index contributed by atoms with van der Waals surface area (Å²) in [5, 5.41) is 11.2. The van der Waals surface area contributed by atoms with Crippen LogP contribution < -0.4 is 5.32 Å². The van der Waals surface area contributed by atoms with E-state index in [4.69, 9.17) is 5.11 Å². The number of imidazole rings is 1. The quantitative estimate of drug-likeness (QED) is 0.554. The molecule has 2 aromatic heterocycles. The number of carboxylic acid groups (broad SMARTS) is 1. The summed E-state index contributed by atoms with van der Waals surface area (Å²) in [4.78, 5) is 15.3. The summed E-state index contributed by atoms with van der Waals surface area (Å²) in [7, 11) is 0. The van der Waals surface area contributed by atoms with Gasteiger partial charge >= 0.3 is 6.09 Å². The van der Waals surface area contributed by atoms with Crippen LogP contribution in [-0.2, 0) is 0 Å². The molecule has 0 aliphatic heterocycles. The molecule has 0 unspecified atom stereocenters. The van der Waals surface area contributed by atoms with Crippen molar-refractivity contribution in [2.24, 2.45) is 0 Å². The molecule has 26 heavy (non-hydrogen) atoms. The summed E-state index contributed by atoms with van der Waals surface area (Å²) in [6.45, 7) is 0. The lowest BCUT2D eigenvalue weighted by atomic mass is 10.1. The molecular weight excluding hydrogens is 333 g/mol. The third-order valence-electron chi connectivity index (χ3n) is 4.10. The van der Waals surface area contributed by atoms with Crippen molar-refractivity contribution in [1.29, 1.82) is 0 Å². The summed E-state index contributed by atoms with van der Waals surface area (Å²) in [6.07, 6.45) is 2.53. The number of hydrogen-bond donors (Lipinski definition) is 2. The number of hydrogen-bond acceptors (Lipinski definition) is 2. The average Bonchev–Trinajstić information content (AvgIpc) is 3.05. The summed E-state index contributed by atoms with van der Waals surface area (Å²) in [5.74, 6) is -0.271. The number of anilines is 1. The van der Waals surface area contributed by atoms with Gasteiger partial charge in [0.15, 0.2) is 0 Å². The standard InChI is InChI=1S/C20H14FN3O2/c21-16-6-4-13(5-7-16)14-8-9-24-18(12-22-19(24)11-14)15-2-1-3-17(10-15)23-20(25)26/h1-12,23H,(H,25,26). The van der Waals surface area contributed by atoms with E-state index in [1.807, 2.05) is 28.8 Å². The molecule has 0 saturated heterocycles. The van der Waals surface area contributed by atoms with Crippen molar-refractivity contribution in [3.05, 3.63) is 78.9 Å². The number of halogens is 1. The van der Waals surface area contributed by atoms with Crippen LogP contribution in [0, 0.1) is 5.82 Å². The Kier molecular flexibility index (Phi) is 3.85. The van der Waals surface area contributed by atoms with Crippen LogP contribution in [-0.4, -0.2) is 20.6 Å². The van der Waals surface area contributed by atoms with Crippen LogP contribution in [0.25, 0.3) is 28.0 Å². The first kappa shape index (κ1) is 15.8. The average molecular weight is 347 g/mol. The lowest BCUT2D eigenvalue weighted by Gasteiger charge is -2.07. The van der Waals surface area contributed by atoms with Crippen LogP contribution >= 0.6 is 0 Å². The number of fused-ring (bicyclic) bond motifs is 1. The van der Waals surface area contributed by atoms with Crippen molar-refractivity contribution in [1.82, 2.24) is 9.38 Å². The van der Waals surface area contributed by atoms with Crippen molar-refractivity contribution in [3.8, 4) is 22.4 Å². The molecule has 4 rings (SSSR count). The molecule has 0 aliphatic carbocycles. The molecule has 5 nitrogen and oxygen atoms in total. The fourth-order valence-corrected chi connectivity index (χ4v) is 2.90. The molecule has 0 bridgehead atoms. The van der Waals surface area contributed by atoms with E-state index >= 15 is 0 Å². The Bertz CT molecular complexity index is 1100. The fourth-order valence-electron chi connectivity index (χ4n) is 2.90. The van der Waals surface area contributed by atoms with Gasteiger partial charge in [-0.25, -0.2) is 14.2 Å². The molecule has 0 saturated carbocycles. The van der Waals surface area contributed by atoms with Crippen molar-refractivity contribution in [2.45, 2.75) is 0 Å². The maximum atomic E-state index is 13.1. The molecule has 0 spiro atoms. The zero-order valence-corrected chi connectivity index (χ0v) is 13.6. The lowest BCUT2D eigenvalue weighted by molar-refractivity contribution is 0.210. The number of nitrogens with zero attached hydrogens (tertiary/aromatic N) is 2. The molecule has 2 N–H and O–H groups in total. The van der Waals surface area contributed by atoms with E-state index in [9.17, 15) is 9.18 Å². The minimum absolute atomic E-state index is 0.271. The lowest BCUT2D eigenvalue weighted by Crippen LogP contribution is -2.06. The first-order chi connectivity index (χ1) is 12.6. The largest absolute Gasteiger partial charge is 0.465 e. The van der Waals surface area contributed by atoms with E-state index in [1.54, 1.807) is 36.5 Å². The maximum Gasteiger partial charge on any atom is 0.409 e. The van der Waals surface area contributed by atoms with Crippen molar-refractivity contribution >= 4 is 17.4 Å². The van der Waals surface area contributed by atoms with Gasteiger partial charge in [-0.1, -0.05) is 24.3 Å². The van der Waals surface area contributed by atoms with E-state index in [-0.39, 0.29) is 5.82 Å². The fraction of sp³-hybridized carbons (Fsp3) is 0. The van der Waals surface area contributed by atoms with Crippen molar-refractivity contribution < 1.29 is 14.3 Å². The summed E-state index contributed by atoms with van der Waals surface area (Å²) < 4.78 is 15.0. The van der Waals surface area contributed by atoms with Crippen LogP contribution in [0.2, 0.25) is 0 Å². The number of benzene rings is 2. The highest BCUT2D eigenvalue weighted by molar-refractivity contribution is 5.84. The molecule has 2 aromatic carbocycles. The molecule has 0 fully saturated rings. The predicted molar refractivity (Wildman–Crippen MR) is 97.7 cm³/mol. The van der Waals surface area contributed by atoms with Gasteiger partial charge in [0, 0.05) is 17.4 Å². The predicted octanol–water partition coefficient (Wildman–Crippen LogP) is 4.90. The Morgan fingerprint density at radius 3 is 2.58 bits per heavy atom. The third kappa shape index (κ3) is 3.00. The van der Waals surface area contributed by atoms with Gasteiger partial charge in [-0.2, -0.15) is 0 Å². The Morgan fingerprint density at radius 1 is 1.00 bits per heavy atom. The second-order valence-corrected chi connectivity index (χ2v) is 5.80. The van der Waals surface area contributed by atoms with Gasteiger partial charge < -0.3 is 5.11 Å². The van der Waals surface area contributed by atoms with E-state index in [2.05, 4.69) is 10.3 Å². The van der Waals surface area contributed by atoms with Crippen LogP contribution in [0.3, 0.4) is 0 Å². The molecule has 4 aromatic rings. The van der Waals surface area contributed by atoms with Crippen LogP contribution in [0.15, 0.2) is 73.1 Å². The van der Waals surface area contributed by atoms with Crippen LogP contribution in [0.5, 0.6) is 0 Å². The van der Waals surface area contributed by atoms with Gasteiger partial charge in [0.1, 0.15) is 11.5 Å². The smallest absolute Gasteiger partial charge is 0.409 e. The number of aromatic nitrogens is 2. The highest BCUT2D eigenvalue weighted by Crippen LogP contribution is 2.26. The van der Waals surface area contributed by atoms with E-state index in [0.717, 1.165) is 28.0 Å². The molecule has 0 radical (unpaired) electrons. The molecule has 6 heteroatoms. The van der Waals surface area contributed by atoms with Crippen molar-refractivity contribution in [2.75, 3.05) is 5.32 Å². The zero-order chi connectivity index (χ0) is 18.1. The molecular formula is C20H14FN3O2. The summed E-state index contributed by atoms with van der Waals surface area (Å²) >= 11 is 0. The van der Waals surface area contributed by atoms with E-state index < -0.39 is 6.09 Å². The van der Waals surface area contributed by atoms with Crippen molar-refractivity contribution in [3.63, 3.8) is 0 Å². The molecule has 128 valence electrons. The minimum Gasteiger partial charge on any atom is -0.465 e. The highest BCUT2D eigenvalue weighted by atomic mass is 19.1. The minimum atomic E-state index is -1.11. The number of nitrogens with one attached hydrogen (secondary N) is 1. The maximum absolute atomic E-state index is 13.1. The van der Waals surface area contributed by atoms with Gasteiger partial charge in [-0.3, -0.25) is 9.72 Å². The Morgan fingerprint density at radius 2 is 1.81 bits per heavy atom. The van der Waals surface area contributed by atoms with Gasteiger partial charge in [-0.15, -0.1) is 0 Å². The van der Waals surface area contributed by atoms with Gasteiger partial charge in [0.05, 0.1) is 11.9 Å². The zero-order valence-electron chi connectivity index (χ0n) is 13.6. The van der Waals surface area contributed by atoms with Crippen LogP contribution in [0.1, 0.15) is 0 Å². The van der Waals surface area contributed by atoms with E-state index in [0.29, 0.717) is 5.69 Å². The Hall–Kier alpha value is -3.67. The summed E-state index contributed by atoms with van der Waals surface area (Å²) in [5.41, 5.74) is 4.78. The third-order valence-corrected chi connectivity index (χ3v) is 4.10. The van der Waals surface area contributed by atoms with Gasteiger partial charge in [0.25, 0.3) is 0 Å². The van der Waals surface area contributed by atoms with Crippen LogP contribution in [0.4, 0.5) is 14.9 Å².